The first-order valence-corrected chi connectivity index (χ1v) is 12.1. The van der Waals surface area contributed by atoms with Gasteiger partial charge in [0, 0.05) is 32.9 Å². The minimum Gasteiger partial charge on any atom is -0.351 e. The molecule has 4 aromatic rings. The summed E-state index contributed by atoms with van der Waals surface area (Å²) in [5.41, 5.74) is 2.58. The lowest BCUT2D eigenvalue weighted by molar-refractivity contribution is 0.0716. The lowest BCUT2D eigenvalue weighted by Crippen LogP contribution is -2.41. The van der Waals surface area contributed by atoms with Crippen LogP contribution in [0.5, 0.6) is 0 Å². The van der Waals surface area contributed by atoms with Gasteiger partial charge in [0.1, 0.15) is 21.1 Å². The summed E-state index contributed by atoms with van der Waals surface area (Å²) in [5.74, 6) is -0.362. The minimum absolute atomic E-state index is 0.141. The molecule has 1 aromatic carbocycles. The van der Waals surface area contributed by atoms with Crippen LogP contribution < -0.4 is 5.32 Å². The van der Waals surface area contributed by atoms with E-state index in [0.29, 0.717) is 46.2 Å². The zero-order valence-corrected chi connectivity index (χ0v) is 21.3. The van der Waals surface area contributed by atoms with Crippen molar-refractivity contribution in [2.75, 3.05) is 13.6 Å². The number of nitrogens with one attached hydrogen (secondary N) is 1. The highest BCUT2D eigenvalue weighted by Gasteiger charge is 2.27. The Labute approximate surface area is 211 Å². The average Bonchev–Trinajstić information content (AvgIpc) is 3.41. The molecule has 3 aromatic heterocycles. The van der Waals surface area contributed by atoms with Gasteiger partial charge in [-0.05, 0) is 58.6 Å². The number of benzene rings is 1. The van der Waals surface area contributed by atoms with Gasteiger partial charge in [0.05, 0.1) is 0 Å². The van der Waals surface area contributed by atoms with Crippen molar-refractivity contribution < 1.29 is 9.59 Å². The standard InChI is InChI=1S/C25H25BrClN5O2/c1-30-15-7-10-19(30)24(33)28-14-13-18(16-17-8-4-3-5-9-17)31(2)25(34)22-23(26)32-20(27)11-6-12-21(32)29-22/h3-12,15,18H,13-14,16H2,1-2H3,(H,28,33). The van der Waals surface area contributed by atoms with Crippen molar-refractivity contribution in [2.45, 2.75) is 18.9 Å². The summed E-state index contributed by atoms with van der Waals surface area (Å²) in [6.07, 6.45) is 3.06. The van der Waals surface area contributed by atoms with Crippen LogP contribution in [0.3, 0.4) is 0 Å². The van der Waals surface area contributed by atoms with E-state index in [0.717, 1.165) is 5.56 Å². The third-order valence-electron chi connectivity index (χ3n) is 5.86. The van der Waals surface area contributed by atoms with Crippen LogP contribution in [0.15, 0.2) is 71.5 Å². The van der Waals surface area contributed by atoms with Gasteiger partial charge in [0.15, 0.2) is 5.69 Å². The van der Waals surface area contributed by atoms with Gasteiger partial charge in [-0.2, -0.15) is 0 Å². The maximum atomic E-state index is 13.5. The normalized spacial score (nSPS) is 12.0. The highest BCUT2D eigenvalue weighted by Crippen LogP contribution is 2.25. The van der Waals surface area contributed by atoms with Crippen molar-refractivity contribution in [1.82, 2.24) is 24.2 Å². The van der Waals surface area contributed by atoms with E-state index in [1.165, 1.54) is 0 Å². The van der Waals surface area contributed by atoms with Crippen LogP contribution in [0, 0.1) is 0 Å². The third kappa shape index (κ3) is 5.03. The molecule has 0 saturated heterocycles. The summed E-state index contributed by atoms with van der Waals surface area (Å²) >= 11 is 9.80. The van der Waals surface area contributed by atoms with Crippen molar-refractivity contribution in [2.24, 2.45) is 7.05 Å². The van der Waals surface area contributed by atoms with E-state index in [-0.39, 0.29) is 17.9 Å². The van der Waals surface area contributed by atoms with E-state index in [2.05, 4.69) is 26.2 Å². The van der Waals surface area contributed by atoms with Crippen molar-refractivity contribution in [3.05, 3.63) is 93.6 Å². The van der Waals surface area contributed by atoms with E-state index in [4.69, 9.17) is 11.6 Å². The molecule has 0 radical (unpaired) electrons. The Hall–Kier alpha value is -3.10. The topological polar surface area (TPSA) is 71.6 Å². The molecule has 0 aliphatic rings. The maximum Gasteiger partial charge on any atom is 0.275 e. The average molecular weight is 543 g/mol. The molecule has 0 spiro atoms. The lowest BCUT2D eigenvalue weighted by atomic mass is 10.0. The van der Waals surface area contributed by atoms with Gasteiger partial charge in [-0.15, -0.1) is 0 Å². The van der Waals surface area contributed by atoms with E-state index in [9.17, 15) is 9.59 Å². The Balaban J connectivity index is 1.53. The van der Waals surface area contributed by atoms with E-state index in [1.807, 2.05) is 49.6 Å². The van der Waals surface area contributed by atoms with Crippen molar-refractivity contribution in [1.29, 1.82) is 0 Å². The SMILES string of the molecule is CN(C(=O)c1nc2cccc(Cl)n2c1Br)C(CCNC(=O)c1cccn1C)Cc1ccccc1. The quantitative estimate of drug-likeness (QED) is 0.331. The van der Waals surface area contributed by atoms with Crippen molar-refractivity contribution in [3.8, 4) is 0 Å². The Morgan fingerprint density at radius 2 is 1.88 bits per heavy atom. The summed E-state index contributed by atoms with van der Waals surface area (Å²) in [5, 5.41) is 3.43. The predicted octanol–water partition coefficient (Wildman–Crippen LogP) is 4.59. The third-order valence-corrected chi connectivity index (χ3v) is 6.89. The number of hydrogen-bond donors (Lipinski definition) is 1. The summed E-state index contributed by atoms with van der Waals surface area (Å²) in [7, 11) is 3.60. The molecule has 0 aliphatic heterocycles. The smallest absolute Gasteiger partial charge is 0.275 e. The number of likely N-dealkylation sites (N-methyl/N-ethyl adjacent to an activating group) is 1. The van der Waals surface area contributed by atoms with Gasteiger partial charge < -0.3 is 14.8 Å². The number of nitrogens with zero attached hydrogens (tertiary/aromatic N) is 4. The highest BCUT2D eigenvalue weighted by molar-refractivity contribution is 9.10. The monoisotopic (exact) mass is 541 g/mol. The molecule has 0 aliphatic carbocycles. The second-order valence-electron chi connectivity index (χ2n) is 8.10. The number of imidazole rings is 1. The van der Waals surface area contributed by atoms with Crippen molar-refractivity contribution in [3.63, 3.8) is 0 Å². The number of pyridine rings is 1. The zero-order chi connectivity index (χ0) is 24.2. The van der Waals surface area contributed by atoms with Crippen LogP contribution in [0.4, 0.5) is 0 Å². The summed E-state index contributed by atoms with van der Waals surface area (Å²) < 4.78 is 3.98. The fraction of sp³-hybridized carbons (Fsp3) is 0.240. The van der Waals surface area contributed by atoms with Crippen LogP contribution in [0.25, 0.3) is 5.65 Å². The molecular weight excluding hydrogens is 518 g/mol. The number of amides is 2. The Morgan fingerprint density at radius 3 is 2.56 bits per heavy atom. The lowest BCUT2D eigenvalue weighted by Gasteiger charge is -2.28. The largest absolute Gasteiger partial charge is 0.351 e. The molecule has 1 atom stereocenters. The Kier molecular flexibility index (Phi) is 7.38. The number of hydrogen-bond acceptors (Lipinski definition) is 3. The molecule has 176 valence electrons. The second kappa shape index (κ2) is 10.4. The number of fused-ring (bicyclic) bond motifs is 1. The minimum atomic E-state index is -0.221. The molecule has 0 saturated carbocycles. The van der Waals surface area contributed by atoms with Gasteiger partial charge in [-0.3, -0.25) is 14.0 Å². The van der Waals surface area contributed by atoms with Gasteiger partial charge in [0.25, 0.3) is 11.8 Å². The molecular formula is C25H25BrClN5O2. The molecule has 4 rings (SSSR count). The zero-order valence-electron chi connectivity index (χ0n) is 18.9. The number of carbonyl (C=O) groups excluding carboxylic acids is 2. The summed E-state index contributed by atoms with van der Waals surface area (Å²) in [6, 6.07) is 18.8. The van der Waals surface area contributed by atoms with E-state index < -0.39 is 0 Å². The number of aromatic nitrogens is 3. The fourth-order valence-corrected chi connectivity index (χ4v) is 4.92. The van der Waals surface area contributed by atoms with Gasteiger partial charge in [-0.25, -0.2) is 4.98 Å². The Morgan fingerprint density at radius 1 is 1.12 bits per heavy atom. The first kappa shape index (κ1) is 24.0. The van der Waals surface area contributed by atoms with Gasteiger partial charge in [-0.1, -0.05) is 48.0 Å². The summed E-state index contributed by atoms with van der Waals surface area (Å²) in [6.45, 7) is 0.428. The van der Waals surface area contributed by atoms with Crippen molar-refractivity contribution >= 4 is 45.0 Å². The van der Waals surface area contributed by atoms with Crippen LogP contribution in [0.1, 0.15) is 33.0 Å². The first-order chi connectivity index (χ1) is 16.4. The fourth-order valence-electron chi connectivity index (χ4n) is 3.95. The molecule has 9 heteroatoms. The molecule has 0 bridgehead atoms. The van der Waals surface area contributed by atoms with E-state index in [1.54, 1.807) is 45.2 Å². The molecule has 1 unspecified atom stereocenters. The predicted molar refractivity (Wildman–Crippen MR) is 136 cm³/mol. The van der Waals surface area contributed by atoms with Gasteiger partial charge in [0.2, 0.25) is 0 Å². The van der Waals surface area contributed by atoms with Crippen LogP contribution >= 0.6 is 27.5 Å². The van der Waals surface area contributed by atoms with Crippen LogP contribution in [0.2, 0.25) is 5.15 Å². The number of carbonyl (C=O) groups is 2. The van der Waals surface area contributed by atoms with Gasteiger partial charge >= 0.3 is 0 Å². The second-order valence-corrected chi connectivity index (χ2v) is 9.24. The number of aryl methyl sites for hydroxylation is 1. The molecule has 2 amide bonds. The molecule has 34 heavy (non-hydrogen) atoms. The molecule has 1 N–H and O–H groups in total. The van der Waals surface area contributed by atoms with Crippen LogP contribution in [-0.4, -0.2) is 50.3 Å². The summed E-state index contributed by atoms with van der Waals surface area (Å²) in [4.78, 5) is 32.2. The van der Waals surface area contributed by atoms with Crippen LogP contribution in [-0.2, 0) is 13.5 Å². The molecule has 3 heterocycles. The molecule has 7 nitrogen and oxygen atoms in total. The first-order valence-electron chi connectivity index (χ1n) is 10.9. The highest BCUT2D eigenvalue weighted by atomic mass is 79.9. The van der Waals surface area contributed by atoms with E-state index >= 15 is 0 Å². The number of rotatable bonds is 8. The molecule has 0 fully saturated rings. The Bertz CT molecular complexity index is 1320. The maximum absolute atomic E-state index is 13.5. The number of halogens is 2.